The van der Waals surface area contributed by atoms with Crippen LogP contribution in [0.2, 0.25) is 0 Å². The highest BCUT2D eigenvalue weighted by Crippen LogP contribution is 2.68. The average Bonchev–Trinajstić information content (AvgIpc) is 3.35. The Bertz CT molecular complexity index is 907. The minimum absolute atomic E-state index is 0.0348. The number of aryl methyl sites for hydroxylation is 1. The first-order valence-electron chi connectivity index (χ1n) is 13.6. The van der Waals surface area contributed by atoms with E-state index in [-0.39, 0.29) is 28.9 Å². The molecule has 1 heterocycles. The molecule has 4 aliphatic rings. The van der Waals surface area contributed by atoms with Gasteiger partial charge < -0.3 is 15.5 Å². The summed E-state index contributed by atoms with van der Waals surface area (Å²) >= 11 is 1.42. The van der Waals surface area contributed by atoms with E-state index in [1.165, 1.54) is 37.0 Å². The normalized spacial score (nSPS) is 44.6. The number of aliphatic hydroxyl groups excluding tert-OH is 2. The van der Waals surface area contributed by atoms with Gasteiger partial charge in [-0.25, -0.2) is 0 Å². The van der Waals surface area contributed by atoms with Crippen molar-refractivity contribution >= 4 is 22.4 Å². The van der Waals surface area contributed by atoms with E-state index in [1.807, 2.05) is 6.92 Å². The number of rotatable bonds is 5. The molecule has 4 fully saturated rings. The molecule has 0 spiro atoms. The largest absolute Gasteiger partial charge is 0.393 e. The number of fused-ring (bicyclic) bond motifs is 5. The Morgan fingerprint density at radius 2 is 1.82 bits per heavy atom. The number of nitrogens with zero attached hydrogens (tertiary/aromatic N) is 2. The maximum absolute atomic E-state index is 12.5. The maximum Gasteiger partial charge on any atom is 0.226 e. The van der Waals surface area contributed by atoms with Crippen LogP contribution >= 0.6 is 11.3 Å². The lowest BCUT2D eigenvalue weighted by Gasteiger charge is -2.62. The molecule has 6 nitrogen and oxygen atoms in total. The Morgan fingerprint density at radius 1 is 1.09 bits per heavy atom. The molecule has 10 atom stereocenters. The number of anilines is 1. The number of aliphatic hydroxyl groups is 2. The second-order valence-electron chi connectivity index (χ2n) is 12.6. The van der Waals surface area contributed by atoms with Gasteiger partial charge in [-0.3, -0.25) is 4.79 Å². The molecule has 1 aromatic heterocycles. The monoisotopic (exact) mass is 489 g/mol. The topological polar surface area (TPSA) is 95.3 Å². The van der Waals surface area contributed by atoms with Crippen molar-refractivity contribution < 1.29 is 15.0 Å². The highest BCUT2D eigenvalue weighted by molar-refractivity contribution is 7.15. The first kappa shape index (κ1) is 24.6. The van der Waals surface area contributed by atoms with Gasteiger partial charge in [0, 0.05) is 6.42 Å². The summed E-state index contributed by atoms with van der Waals surface area (Å²) in [7, 11) is 0. The van der Waals surface area contributed by atoms with Crippen molar-refractivity contribution in [2.75, 3.05) is 5.32 Å². The fraction of sp³-hybridized carbons (Fsp3) is 0.889. The summed E-state index contributed by atoms with van der Waals surface area (Å²) in [4.78, 5) is 12.5. The zero-order valence-corrected chi connectivity index (χ0v) is 22.1. The third-order valence-electron chi connectivity index (χ3n) is 11.0. The fourth-order valence-corrected chi connectivity index (χ4v) is 9.87. The summed E-state index contributed by atoms with van der Waals surface area (Å²) in [5.74, 6) is 3.16. The molecule has 0 aliphatic heterocycles. The summed E-state index contributed by atoms with van der Waals surface area (Å²) in [5, 5.41) is 34.0. The Labute approximate surface area is 208 Å². The molecule has 0 unspecified atom stereocenters. The van der Waals surface area contributed by atoms with Gasteiger partial charge in [0.1, 0.15) is 5.01 Å². The van der Waals surface area contributed by atoms with Gasteiger partial charge in [-0.05, 0) is 111 Å². The zero-order chi connectivity index (χ0) is 24.3. The maximum atomic E-state index is 12.5. The predicted molar refractivity (Wildman–Crippen MR) is 134 cm³/mol. The van der Waals surface area contributed by atoms with E-state index in [4.69, 9.17) is 0 Å². The molecule has 0 saturated heterocycles. The van der Waals surface area contributed by atoms with Gasteiger partial charge in [0.2, 0.25) is 11.0 Å². The van der Waals surface area contributed by atoms with Crippen LogP contribution in [-0.4, -0.2) is 38.5 Å². The van der Waals surface area contributed by atoms with Crippen LogP contribution in [0.5, 0.6) is 0 Å². The lowest BCUT2D eigenvalue weighted by atomic mass is 9.43. The van der Waals surface area contributed by atoms with Crippen LogP contribution in [0.25, 0.3) is 0 Å². The molecule has 34 heavy (non-hydrogen) atoms. The molecule has 7 heteroatoms. The fourth-order valence-electron chi connectivity index (χ4n) is 9.26. The number of carbonyl (C=O) groups excluding carboxylic acids is 1. The van der Waals surface area contributed by atoms with Gasteiger partial charge in [-0.1, -0.05) is 32.1 Å². The molecule has 0 bridgehead atoms. The smallest absolute Gasteiger partial charge is 0.226 e. The summed E-state index contributed by atoms with van der Waals surface area (Å²) in [6.45, 7) is 9.20. The molecule has 1 aromatic rings. The first-order valence-corrected chi connectivity index (χ1v) is 14.4. The van der Waals surface area contributed by atoms with E-state index in [1.54, 1.807) is 0 Å². The van der Waals surface area contributed by atoms with Crippen LogP contribution in [0.15, 0.2) is 0 Å². The second-order valence-corrected chi connectivity index (χ2v) is 13.8. The quantitative estimate of drug-likeness (QED) is 0.529. The van der Waals surface area contributed by atoms with Gasteiger partial charge in [0.15, 0.2) is 0 Å². The van der Waals surface area contributed by atoms with Crippen molar-refractivity contribution in [1.29, 1.82) is 0 Å². The van der Waals surface area contributed by atoms with E-state index < -0.39 is 0 Å². The molecule has 4 aliphatic carbocycles. The molecule has 0 radical (unpaired) electrons. The van der Waals surface area contributed by atoms with Gasteiger partial charge in [-0.2, -0.15) is 0 Å². The Hall–Kier alpha value is -1.05. The second kappa shape index (κ2) is 9.11. The summed E-state index contributed by atoms with van der Waals surface area (Å²) in [6, 6.07) is 0. The Kier molecular flexibility index (Phi) is 6.60. The van der Waals surface area contributed by atoms with Gasteiger partial charge in [0.25, 0.3) is 0 Å². The molecular formula is C27H43N3O3S. The molecule has 3 N–H and O–H groups in total. The lowest BCUT2D eigenvalue weighted by molar-refractivity contribution is -0.174. The van der Waals surface area contributed by atoms with E-state index in [2.05, 4.69) is 36.3 Å². The van der Waals surface area contributed by atoms with E-state index >= 15 is 0 Å². The van der Waals surface area contributed by atoms with Gasteiger partial charge >= 0.3 is 0 Å². The van der Waals surface area contributed by atoms with E-state index in [9.17, 15) is 15.0 Å². The van der Waals surface area contributed by atoms with Gasteiger partial charge in [-0.15, -0.1) is 10.2 Å². The van der Waals surface area contributed by atoms with E-state index in [0.29, 0.717) is 47.1 Å². The van der Waals surface area contributed by atoms with Crippen molar-refractivity contribution in [2.45, 2.75) is 104 Å². The van der Waals surface area contributed by atoms with Gasteiger partial charge in [0.05, 0.1) is 12.2 Å². The third-order valence-corrected chi connectivity index (χ3v) is 11.8. The number of aromatic nitrogens is 2. The van der Waals surface area contributed by atoms with Crippen LogP contribution in [0.4, 0.5) is 5.13 Å². The first-order chi connectivity index (χ1) is 16.1. The van der Waals surface area contributed by atoms with E-state index in [0.717, 1.165) is 37.1 Å². The summed E-state index contributed by atoms with van der Waals surface area (Å²) in [6.07, 6.45) is 9.65. The van der Waals surface area contributed by atoms with Crippen LogP contribution in [0.3, 0.4) is 0 Å². The van der Waals surface area contributed by atoms with Crippen LogP contribution in [-0.2, 0) is 4.79 Å². The highest BCUT2D eigenvalue weighted by atomic mass is 32.1. The molecule has 0 aromatic carbocycles. The standard InChI is InChI=1S/C27H43N3O3S/c1-15(5-8-23(33)28-25-30-29-16(2)34-25)19-6-7-20-24-21(10-12-27(19,20)4)26(3)11-9-18(31)13-17(26)14-22(24)32/h15,17-22,24,31-32H,5-14H2,1-4H3,(H,28,30,33)/t15-,17+,18-,19-,20+,21+,22+,24+,26+,27-/m1/s1. The van der Waals surface area contributed by atoms with Crippen LogP contribution in [0.1, 0.15) is 90.0 Å². The average molecular weight is 490 g/mol. The van der Waals surface area contributed by atoms with Crippen molar-refractivity contribution in [3.63, 3.8) is 0 Å². The summed E-state index contributed by atoms with van der Waals surface area (Å²) in [5.41, 5.74) is 0.529. The minimum atomic E-state index is -0.229. The minimum Gasteiger partial charge on any atom is -0.393 e. The number of carbonyl (C=O) groups is 1. The van der Waals surface area contributed by atoms with Crippen molar-refractivity contribution in [3.8, 4) is 0 Å². The van der Waals surface area contributed by atoms with Crippen molar-refractivity contribution in [2.24, 2.45) is 46.3 Å². The molecule has 4 saturated carbocycles. The third kappa shape index (κ3) is 4.13. The Balaban J connectivity index is 1.25. The predicted octanol–water partition coefficient (Wildman–Crippen LogP) is 5.19. The molecular weight excluding hydrogens is 446 g/mol. The summed E-state index contributed by atoms with van der Waals surface area (Å²) < 4.78 is 0. The lowest BCUT2D eigenvalue weighted by Crippen LogP contribution is -2.58. The van der Waals surface area contributed by atoms with Crippen LogP contribution < -0.4 is 5.32 Å². The van der Waals surface area contributed by atoms with Crippen molar-refractivity contribution in [3.05, 3.63) is 5.01 Å². The number of amides is 1. The number of hydrogen-bond donors (Lipinski definition) is 3. The molecule has 1 amide bonds. The molecule has 190 valence electrons. The SMILES string of the molecule is Cc1nnc(NC(=O)CC[C@@H](C)[C@H]2CC[C@H]3[C@@H]4[C@@H](O)C[C@@H]5C[C@H](O)CC[C@]5(C)[C@H]4CC[C@]23C)s1. The Morgan fingerprint density at radius 3 is 2.56 bits per heavy atom. The molecule has 5 rings (SSSR count). The number of hydrogen-bond acceptors (Lipinski definition) is 6. The number of nitrogens with one attached hydrogen (secondary N) is 1. The van der Waals surface area contributed by atoms with Crippen LogP contribution in [0, 0.1) is 53.3 Å². The zero-order valence-electron chi connectivity index (χ0n) is 21.3. The van der Waals surface area contributed by atoms with Crippen molar-refractivity contribution in [1.82, 2.24) is 10.2 Å². The highest BCUT2D eigenvalue weighted by Gasteiger charge is 2.62.